The molecule has 0 aromatic heterocycles. The first kappa shape index (κ1) is 17.9. The molecular formula is C14H12ClN3O5S. The third kappa shape index (κ3) is 3.88. The molecule has 0 fully saturated rings. The zero-order valence-corrected chi connectivity index (χ0v) is 13.9. The Morgan fingerprint density at radius 3 is 2.46 bits per heavy atom. The van der Waals surface area contributed by atoms with Gasteiger partial charge in [0, 0.05) is 17.8 Å². The maximum absolute atomic E-state index is 12.2. The highest BCUT2D eigenvalue weighted by Crippen LogP contribution is 2.24. The van der Waals surface area contributed by atoms with Gasteiger partial charge in [-0.3, -0.25) is 14.9 Å². The van der Waals surface area contributed by atoms with Gasteiger partial charge in [-0.15, -0.1) is 0 Å². The van der Waals surface area contributed by atoms with Crippen molar-refractivity contribution in [2.45, 2.75) is 11.8 Å². The molecule has 126 valence electrons. The minimum atomic E-state index is -3.93. The van der Waals surface area contributed by atoms with E-state index >= 15 is 0 Å². The summed E-state index contributed by atoms with van der Waals surface area (Å²) in [5.41, 5.74) is 0.399. The van der Waals surface area contributed by atoms with E-state index in [0.29, 0.717) is 5.56 Å². The van der Waals surface area contributed by atoms with Gasteiger partial charge in [0.15, 0.2) is 0 Å². The number of nitrogens with two attached hydrogens (primary N) is 1. The number of carbonyl (C=O) groups is 1. The molecule has 0 unspecified atom stereocenters. The van der Waals surface area contributed by atoms with Crippen LogP contribution in [-0.4, -0.2) is 19.2 Å². The molecule has 0 atom stereocenters. The second-order valence-electron chi connectivity index (χ2n) is 4.90. The van der Waals surface area contributed by atoms with Crippen LogP contribution in [-0.2, 0) is 10.0 Å². The number of nitrogens with one attached hydrogen (secondary N) is 1. The van der Waals surface area contributed by atoms with Crippen molar-refractivity contribution in [3.8, 4) is 0 Å². The minimum absolute atomic E-state index is 0.0139. The number of hydrogen-bond donors (Lipinski definition) is 2. The molecule has 3 N–H and O–H groups in total. The first-order valence-corrected chi connectivity index (χ1v) is 8.41. The average molecular weight is 370 g/mol. The molecule has 0 aliphatic rings. The number of hydrogen-bond acceptors (Lipinski definition) is 5. The molecule has 0 spiro atoms. The maximum Gasteiger partial charge on any atom is 0.270 e. The van der Waals surface area contributed by atoms with E-state index in [-0.39, 0.29) is 26.9 Å². The molecule has 1 amide bonds. The number of sulfonamides is 1. The van der Waals surface area contributed by atoms with Gasteiger partial charge in [-0.2, -0.15) is 0 Å². The van der Waals surface area contributed by atoms with Crippen LogP contribution in [0.4, 0.5) is 11.4 Å². The summed E-state index contributed by atoms with van der Waals surface area (Å²) >= 11 is 5.88. The maximum atomic E-state index is 12.2. The predicted octanol–water partition coefficient (Wildman–Crippen LogP) is 2.46. The number of nitro groups is 1. The van der Waals surface area contributed by atoms with Crippen molar-refractivity contribution in [2.24, 2.45) is 5.14 Å². The van der Waals surface area contributed by atoms with Gasteiger partial charge < -0.3 is 5.32 Å². The summed E-state index contributed by atoms with van der Waals surface area (Å²) in [7, 11) is -3.93. The molecule has 0 saturated heterocycles. The summed E-state index contributed by atoms with van der Waals surface area (Å²) in [6.45, 7) is 1.57. The van der Waals surface area contributed by atoms with Crippen molar-refractivity contribution in [1.29, 1.82) is 0 Å². The van der Waals surface area contributed by atoms with Crippen molar-refractivity contribution in [3.63, 3.8) is 0 Å². The lowest BCUT2D eigenvalue weighted by Gasteiger charge is -2.09. The zero-order chi connectivity index (χ0) is 18.1. The van der Waals surface area contributed by atoms with E-state index in [1.54, 1.807) is 6.92 Å². The van der Waals surface area contributed by atoms with Gasteiger partial charge in [-0.1, -0.05) is 17.7 Å². The van der Waals surface area contributed by atoms with E-state index in [1.165, 1.54) is 24.3 Å². The fourth-order valence-electron chi connectivity index (χ4n) is 1.98. The molecule has 2 aromatic rings. The number of nitrogens with zero attached hydrogens (tertiary/aromatic N) is 1. The third-order valence-electron chi connectivity index (χ3n) is 3.16. The van der Waals surface area contributed by atoms with E-state index in [2.05, 4.69) is 5.32 Å². The van der Waals surface area contributed by atoms with Crippen LogP contribution in [0.5, 0.6) is 0 Å². The number of rotatable bonds is 4. The molecule has 0 bridgehead atoms. The summed E-state index contributed by atoms with van der Waals surface area (Å²) in [5, 5.41) is 18.2. The van der Waals surface area contributed by atoms with E-state index in [0.717, 1.165) is 12.1 Å². The van der Waals surface area contributed by atoms with Crippen molar-refractivity contribution < 1.29 is 18.1 Å². The van der Waals surface area contributed by atoms with Crippen LogP contribution in [0.15, 0.2) is 41.3 Å². The second-order valence-corrected chi connectivity index (χ2v) is 6.84. The van der Waals surface area contributed by atoms with Gasteiger partial charge in [-0.05, 0) is 30.7 Å². The number of anilines is 1. The van der Waals surface area contributed by atoms with Crippen LogP contribution in [0, 0.1) is 17.0 Å². The number of nitro benzene ring substituents is 1. The van der Waals surface area contributed by atoms with E-state index < -0.39 is 20.9 Å². The molecule has 0 radical (unpaired) electrons. The molecule has 0 aliphatic carbocycles. The van der Waals surface area contributed by atoms with Gasteiger partial charge in [-0.25, -0.2) is 13.6 Å². The molecule has 2 aromatic carbocycles. The Bertz CT molecular complexity index is 943. The lowest BCUT2D eigenvalue weighted by atomic mass is 10.1. The van der Waals surface area contributed by atoms with Gasteiger partial charge in [0.25, 0.3) is 11.6 Å². The molecule has 8 nitrogen and oxygen atoms in total. The van der Waals surface area contributed by atoms with Crippen molar-refractivity contribution >= 4 is 38.9 Å². The van der Waals surface area contributed by atoms with Gasteiger partial charge in [0.1, 0.15) is 0 Å². The molecule has 0 aliphatic heterocycles. The average Bonchev–Trinajstić information content (AvgIpc) is 2.47. The standard InChI is InChI=1S/C14H12ClN3O5S/c1-8-2-3-9(6-13(8)24(16,22)23)17-14(19)11-5-4-10(18(20)21)7-12(11)15/h2-7H,1H3,(H,17,19)(H2,16,22,23). The number of non-ortho nitro benzene ring substituents is 1. The third-order valence-corrected chi connectivity index (χ3v) is 4.53. The van der Waals surface area contributed by atoms with Crippen LogP contribution in [0.25, 0.3) is 0 Å². The molecule has 10 heteroatoms. The quantitative estimate of drug-likeness (QED) is 0.630. The van der Waals surface area contributed by atoms with Crippen molar-refractivity contribution in [1.82, 2.24) is 0 Å². The van der Waals surface area contributed by atoms with Gasteiger partial charge >= 0.3 is 0 Å². The summed E-state index contributed by atoms with van der Waals surface area (Å²) in [4.78, 5) is 22.1. The van der Waals surface area contributed by atoms with E-state index in [1.807, 2.05) is 0 Å². The SMILES string of the molecule is Cc1ccc(NC(=O)c2ccc([N+](=O)[O-])cc2Cl)cc1S(N)(=O)=O. The molecule has 2 rings (SSSR count). The van der Waals surface area contributed by atoms with Crippen molar-refractivity contribution in [2.75, 3.05) is 5.32 Å². The Hall–Kier alpha value is -2.49. The van der Waals surface area contributed by atoms with Gasteiger partial charge in [0.2, 0.25) is 10.0 Å². The number of benzene rings is 2. The summed E-state index contributed by atoms with van der Waals surface area (Å²) in [6.07, 6.45) is 0. The fraction of sp³-hybridized carbons (Fsp3) is 0.0714. The van der Waals surface area contributed by atoms with Crippen LogP contribution < -0.4 is 10.5 Å². The van der Waals surface area contributed by atoms with Gasteiger partial charge in [0.05, 0.1) is 20.4 Å². The minimum Gasteiger partial charge on any atom is -0.322 e. The highest BCUT2D eigenvalue weighted by atomic mass is 35.5. The fourth-order valence-corrected chi connectivity index (χ4v) is 3.05. The van der Waals surface area contributed by atoms with E-state index in [9.17, 15) is 23.3 Å². The van der Waals surface area contributed by atoms with Crippen LogP contribution in [0.1, 0.15) is 15.9 Å². The largest absolute Gasteiger partial charge is 0.322 e. The Balaban J connectivity index is 2.32. The van der Waals surface area contributed by atoms with Crippen LogP contribution >= 0.6 is 11.6 Å². The predicted molar refractivity (Wildman–Crippen MR) is 88.6 cm³/mol. The first-order valence-electron chi connectivity index (χ1n) is 6.48. The normalized spacial score (nSPS) is 11.1. The topological polar surface area (TPSA) is 132 Å². The highest BCUT2D eigenvalue weighted by molar-refractivity contribution is 7.89. The summed E-state index contributed by atoms with van der Waals surface area (Å²) < 4.78 is 23.0. The Morgan fingerprint density at radius 2 is 1.92 bits per heavy atom. The van der Waals surface area contributed by atoms with Crippen molar-refractivity contribution in [3.05, 3.63) is 62.7 Å². The molecular weight excluding hydrogens is 358 g/mol. The monoisotopic (exact) mass is 369 g/mol. The lowest BCUT2D eigenvalue weighted by molar-refractivity contribution is -0.384. The number of aryl methyl sites for hydroxylation is 1. The number of amides is 1. The molecule has 0 saturated carbocycles. The number of halogens is 1. The number of carbonyl (C=O) groups excluding carboxylic acids is 1. The molecule has 0 heterocycles. The Labute approximate surface area is 142 Å². The van der Waals surface area contributed by atoms with E-state index in [4.69, 9.17) is 16.7 Å². The lowest BCUT2D eigenvalue weighted by Crippen LogP contribution is -2.16. The van der Waals surface area contributed by atoms with Crippen LogP contribution in [0.3, 0.4) is 0 Å². The Kier molecular flexibility index (Phi) is 4.88. The number of primary sulfonamides is 1. The second kappa shape index (κ2) is 6.56. The summed E-state index contributed by atoms with van der Waals surface area (Å²) in [5.74, 6) is -0.640. The van der Waals surface area contributed by atoms with Crippen LogP contribution in [0.2, 0.25) is 5.02 Å². The summed E-state index contributed by atoms with van der Waals surface area (Å²) in [6, 6.07) is 7.63. The zero-order valence-electron chi connectivity index (χ0n) is 12.3. The smallest absolute Gasteiger partial charge is 0.270 e. The Morgan fingerprint density at radius 1 is 1.25 bits per heavy atom. The first-order chi connectivity index (χ1) is 11.1. The molecule has 24 heavy (non-hydrogen) atoms. The highest BCUT2D eigenvalue weighted by Gasteiger charge is 2.17.